The molecule has 0 spiro atoms. The molecule has 0 bridgehead atoms. The van der Waals surface area contributed by atoms with Gasteiger partial charge in [-0.05, 0) is 29.8 Å². The average Bonchev–Trinajstić information content (AvgIpc) is 3.13. The maximum absolute atomic E-state index is 12.2. The van der Waals surface area contributed by atoms with Crippen LogP contribution >= 0.6 is 11.6 Å². The van der Waals surface area contributed by atoms with Crippen LogP contribution in [0.15, 0.2) is 42.5 Å². The zero-order chi connectivity index (χ0) is 20.1. The molecule has 0 aliphatic carbocycles. The van der Waals surface area contributed by atoms with Gasteiger partial charge in [0.25, 0.3) is 5.91 Å². The highest BCUT2D eigenvalue weighted by atomic mass is 35.5. The van der Waals surface area contributed by atoms with Crippen molar-refractivity contribution in [3.63, 3.8) is 0 Å². The van der Waals surface area contributed by atoms with Gasteiger partial charge in [0.1, 0.15) is 0 Å². The molecular weight excluding hydrogens is 388 g/mol. The van der Waals surface area contributed by atoms with E-state index in [1.54, 1.807) is 30.3 Å². The first kappa shape index (κ1) is 19.3. The number of nitrogens with one attached hydrogen (secondary N) is 3. The summed E-state index contributed by atoms with van der Waals surface area (Å²) in [6, 6.07) is 9.82. The second-order valence-electron chi connectivity index (χ2n) is 5.86. The summed E-state index contributed by atoms with van der Waals surface area (Å²) < 4.78 is 10.4. The minimum absolute atomic E-state index is 0.0907. The lowest BCUT2D eigenvalue weighted by Crippen LogP contribution is -2.44. The standard InChI is InChI=1S/C18H17ClN4O5/c19-12-4-2-1-3-11(12)13(21-18(20)26)8-16(24)22-23-17(25)10-5-6-14-15(7-10)28-9-27-14/h1-7,13H,8-9H2,(H,22,24)(H,23,25)(H3,20,21,26)/t13-/m1/s1. The van der Waals surface area contributed by atoms with Crippen LogP contribution in [0.5, 0.6) is 11.5 Å². The van der Waals surface area contributed by atoms with Gasteiger partial charge >= 0.3 is 6.03 Å². The molecule has 2 aromatic carbocycles. The number of urea groups is 1. The topological polar surface area (TPSA) is 132 Å². The monoisotopic (exact) mass is 404 g/mol. The lowest BCUT2D eigenvalue weighted by molar-refractivity contribution is -0.122. The van der Waals surface area contributed by atoms with Gasteiger partial charge in [-0.1, -0.05) is 29.8 Å². The molecule has 9 nitrogen and oxygen atoms in total. The fraction of sp³-hybridized carbons (Fsp3) is 0.167. The number of carbonyl (C=O) groups is 3. The molecular formula is C18H17ClN4O5. The molecule has 1 heterocycles. The highest BCUT2D eigenvalue weighted by Gasteiger charge is 2.21. The number of rotatable bonds is 5. The second kappa shape index (κ2) is 8.49. The van der Waals surface area contributed by atoms with Crippen molar-refractivity contribution >= 4 is 29.4 Å². The fourth-order valence-electron chi connectivity index (χ4n) is 2.64. The zero-order valence-corrected chi connectivity index (χ0v) is 15.3. The molecule has 1 atom stereocenters. The molecule has 10 heteroatoms. The van der Waals surface area contributed by atoms with E-state index in [0.717, 1.165) is 0 Å². The Labute approximate surface area is 165 Å². The Morgan fingerprint density at radius 2 is 1.82 bits per heavy atom. The van der Waals surface area contributed by atoms with Crippen molar-refractivity contribution in [2.45, 2.75) is 12.5 Å². The number of ether oxygens (including phenoxy) is 2. The van der Waals surface area contributed by atoms with E-state index in [9.17, 15) is 14.4 Å². The molecule has 0 unspecified atom stereocenters. The predicted molar refractivity (Wildman–Crippen MR) is 99.7 cm³/mol. The van der Waals surface area contributed by atoms with Crippen molar-refractivity contribution in [3.8, 4) is 11.5 Å². The third-order valence-electron chi connectivity index (χ3n) is 3.94. The van der Waals surface area contributed by atoms with Crippen LogP contribution in [0.25, 0.3) is 0 Å². The highest BCUT2D eigenvalue weighted by Crippen LogP contribution is 2.32. The Bertz CT molecular complexity index is 921. The molecule has 0 radical (unpaired) electrons. The lowest BCUT2D eigenvalue weighted by atomic mass is 10.0. The third-order valence-corrected chi connectivity index (χ3v) is 4.28. The summed E-state index contributed by atoms with van der Waals surface area (Å²) >= 11 is 6.12. The average molecular weight is 405 g/mol. The summed E-state index contributed by atoms with van der Waals surface area (Å²) in [5.41, 5.74) is 10.6. The molecule has 28 heavy (non-hydrogen) atoms. The molecule has 4 amide bonds. The summed E-state index contributed by atoms with van der Waals surface area (Å²) in [5, 5.41) is 2.84. The number of nitrogens with two attached hydrogens (primary N) is 1. The van der Waals surface area contributed by atoms with Crippen LogP contribution < -0.4 is 31.4 Å². The molecule has 0 fully saturated rings. The summed E-state index contributed by atoms with van der Waals surface area (Å²) in [6.45, 7) is 0.0907. The van der Waals surface area contributed by atoms with Crippen molar-refractivity contribution in [1.29, 1.82) is 0 Å². The largest absolute Gasteiger partial charge is 0.454 e. The van der Waals surface area contributed by atoms with Gasteiger partial charge in [-0.2, -0.15) is 0 Å². The maximum atomic E-state index is 12.2. The van der Waals surface area contributed by atoms with Crippen LogP contribution in [0, 0.1) is 0 Å². The number of hydrogen-bond acceptors (Lipinski definition) is 5. The third kappa shape index (κ3) is 4.63. The number of halogens is 1. The first-order valence-corrected chi connectivity index (χ1v) is 8.61. The van der Waals surface area contributed by atoms with Crippen LogP contribution in [0.2, 0.25) is 5.02 Å². The number of hydrazine groups is 1. The summed E-state index contributed by atoms with van der Waals surface area (Å²) in [7, 11) is 0. The van der Waals surface area contributed by atoms with E-state index < -0.39 is 23.9 Å². The van der Waals surface area contributed by atoms with Gasteiger partial charge in [0.15, 0.2) is 11.5 Å². The van der Waals surface area contributed by atoms with Gasteiger partial charge in [0, 0.05) is 10.6 Å². The van der Waals surface area contributed by atoms with Gasteiger partial charge in [-0.25, -0.2) is 4.79 Å². The van der Waals surface area contributed by atoms with E-state index in [4.69, 9.17) is 26.8 Å². The molecule has 5 N–H and O–H groups in total. The van der Waals surface area contributed by atoms with Crippen molar-refractivity contribution < 1.29 is 23.9 Å². The SMILES string of the molecule is NC(=O)N[C@H](CC(=O)NNC(=O)c1ccc2c(c1)OCO2)c1ccccc1Cl. The molecule has 0 saturated carbocycles. The Morgan fingerprint density at radius 1 is 1.07 bits per heavy atom. The van der Waals surface area contributed by atoms with Gasteiger partial charge in [-0.3, -0.25) is 20.4 Å². The Hall–Kier alpha value is -3.46. The number of amides is 4. The van der Waals surface area contributed by atoms with E-state index in [2.05, 4.69) is 16.2 Å². The predicted octanol–water partition coefficient (Wildman–Crippen LogP) is 1.63. The summed E-state index contributed by atoms with van der Waals surface area (Å²) in [5.74, 6) is -0.0966. The minimum Gasteiger partial charge on any atom is -0.454 e. The molecule has 3 rings (SSSR count). The van der Waals surface area contributed by atoms with Crippen molar-refractivity contribution in [3.05, 3.63) is 58.6 Å². The quantitative estimate of drug-likeness (QED) is 0.562. The molecule has 1 aliphatic rings. The van der Waals surface area contributed by atoms with E-state index in [1.165, 1.54) is 12.1 Å². The van der Waals surface area contributed by atoms with E-state index in [1.807, 2.05) is 0 Å². The number of fused-ring (bicyclic) bond motifs is 1. The molecule has 0 saturated heterocycles. The zero-order valence-electron chi connectivity index (χ0n) is 14.5. The van der Waals surface area contributed by atoms with Crippen LogP contribution in [0.3, 0.4) is 0 Å². The molecule has 2 aromatic rings. The van der Waals surface area contributed by atoms with E-state index in [-0.39, 0.29) is 18.8 Å². The van der Waals surface area contributed by atoms with Crippen LogP contribution in [0.4, 0.5) is 4.79 Å². The molecule has 0 aromatic heterocycles. The van der Waals surface area contributed by atoms with Gasteiger partial charge in [-0.15, -0.1) is 0 Å². The Kier molecular flexibility index (Phi) is 5.85. The fourth-order valence-corrected chi connectivity index (χ4v) is 2.91. The first-order chi connectivity index (χ1) is 13.4. The highest BCUT2D eigenvalue weighted by molar-refractivity contribution is 6.31. The lowest BCUT2D eigenvalue weighted by Gasteiger charge is -2.19. The smallest absolute Gasteiger partial charge is 0.312 e. The number of carbonyl (C=O) groups excluding carboxylic acids is 3. The van der Waals surface area contributed by atoms with E-state index in [0.29, 0.717) is 22.1 Å². The van der Waals surface area contributed by atoms with Crippen LogP contribution in [-0.4, -0.2) is 24.6 Å². The van der Waals surface area contributed by atoms with Crippen molar-refractivity contribution in [1.82, 2.24) is 16.2 Å². The van der Waals surface area contributed by atoms with Crippen molar-refractivity contribution in [2.75, 3.05) is 6.79 Å². The minimum atomic E-state index is -0.804. The molecule has 146 valence electrons. The van der Waals surface area contributed by atoms with Gasteiger partial charge in [0.05, 0.1) is 12.5 Å². The number of primary amides is 1. The van der Waals surface area contributed by atoms with Crippen LogP contribution in [-0.2, 0) is 4.79 Å². The Balaban J connectivity index is 1.60. The van der Waals surface area contributed by atoms with Crippen molar-refractivity contribution in [2.24, 2.45) is 5.73 Å². The van der Waals surface area contributed by atoms with Gasteiger partial charge < -0.3 is 20.5 Å². The molecule has 1 aliphatic heterocycles. The van der Waals surface area contributed by atoms with Crippen LogP contribution in [0.1, 0.15) is 28.4 Å². The summed E-state index contributed by atoms with van der Waals surface area (Å²) in [6.07, 6.45) is -0.186. The first-order valence-electron chi connectivity index (χ1n) is 8.23. The number of benzene rings is 2. The Morgan fingerprint density at radius 3 is 2.57 bits per heavy atom. The normalized spacial score (nSPS) is 12.8. The second-order valence-corrected chi connectivity index (χ2v) is 6.26. The number of hydrogen-bond donors (Lipinski definition) is 4. The van der Waals surface area contributed by atoms with Gasteiger partial charge in [0.2, 0.25) is 12.7 Å². The summed E-state index contributed by atoms with van der Waals surface area (Å²) in [4.78, 5) is 35.7. The van der Waals surface area contributed by atoms with E-state index >= 15 is 0 Å². The maximum Gasteiger partial charge on any atom is 0.312 e.